The van der Waals surface area contributed by atoms with Crippen LogP contribution in [0.25, 0.3) is 22.2 Å². The monoisotopic (exact) mass is 353 g/mol. The van der Waals surface area contributed by atoms with Gasteiger partial charge in [-0.1, -0.05) is 0 Å². The molecule has 1 N–H and O–H groups in total. The Hall–Kier alpha value is -2.80. The Balaban J connectivity index is 2.14. The summed E-state index contributed by atoms with van der Waals surface area (Å²) in [6.45, 7) is 6.55. The molecule has 3 heterocycles. The van der Waals surface area contributed by atoms with E-state index >= 15 is 0 Å². The van der Waals surface area contributed by atoms with Gasteiger partial charge in [0, 0.05) is 32.5 Å². The highest BCUT2D eigenvalue weighted by Gasteiger charge is 2.21. The molecule has 0 spiro atoms. The topological polar surface area (TPSA) is 81.9 Å². The van der Waals surface area contributed by atoms with Crippen molar-refractivity contribution < 1.29 is 4.74 Å². The zero-order chi connectivity index (χ0) is 18.9. The average Bonchev–Trinajstić information content (AvgIpc) is 2.65. The summed E-state index contributed by atoms with van der Waals surface area (Å²) in [5.41, 5.74) is 2.42. The third-order valence-corrected chi connectivity index (χ3v) is 4.43. The summed E-state index contributed by atoms with van der Waals surface area (Å²) in [5, 5.41) is 3.66. The predicted molar refractivity (Wildman–Crippen MR) is 102 cm³/mol. The van der Waals surface area contributed by atoms with Crippen molar-refractivity contribution in [3.63, 3.8) is 0 Å². The quantitative estimate of drug-likeness (QED) is 0.759. The number of rotatable bonds is 5. The van der Waals surface area contributed by atoms with E-state index < -0.39 is 5.60 Å². The standard InChI is InChI=1S/C19H23N5O2/c1-6-20-17-16-14(22-11-24(4)18(16)25)9-13(23-17)12-7-8-15(21-10-12)19(2,3)26-5/h7-11H,6H2,1-5H3,(H,20,23). The third-order valence-electron chi connectivity index (χ3n) is 4.43. The maximum atomic E-state index is 12.5. The number of anilines is 1. The molecular formula is C19H23N5O2. The molecule has 0 saturated heterocycles. The van der Waals surface area contributed by atoms with Crippen molar-refractivity contribution in [1.29, 1.82) is 0 Å². The second-order valence-electron chi connectivity index (χ2n) is 6.59. The molecule has 7 nitrogen and oxygen atoms in total. The van der Waals surface area contributed by atoms with E-state index in [1.54, 1.807) is 20.4 Å². The fraction of sp³-hybridized carbons (Fsp3) is 0.368. The summed E-state index contributed by atoms with van der Waals surface area (Å²) in [6.07, 6.45) is 3.29. The maximum Gasteiger partial charge on any atom is 0.264 e. The lowest BCUT2D eigenvalue weighted by Gasteiger charge is -2.22. The molecule has 0 fully saturated rings. The van der Waals surface area contributed by atoms with E-state index in [0.717, 1.165) is 11.3 Å². The average molecular weight is 353 g/mol. The van der Waals surface area contributed by atoms with Crippen LogP contribution in [0.15, 0.2) is 35.5 Å². The van der Waals surface area contributed by atoms with Gasteiger partial charge in [-0.15, -0.1) is 0 Å². The van der Waals surface area contributed by atoms with Gasteiger partial charge in [-0.25, -0.2) is 9.97 Å². The highest BCUT2D eigenvalue weighted by Crippen LogP contribution is 2.27. The molecule has 0 aromatic carbocycles. The fourth-order valence-electron chi connectivity index (χ4n) is 2.67. The molecule has 0 aliphatic carbocycles. The summed E-state index contributed by atoms with van der Waals surface area (Å²) in [4.78, 5) is 26.0. The molecule has 3 rings (SSSR count). The van der Waals surface area contributed by atoms with Crippen molar-refractivity contribution in [3.8, 4) is 11.3 Å². The number of methoxy groups -OCH3 is 1. The molecule has 3 aromatic rings. The first kappa shape index (κ1) is 18.0. The SMILES string of the molecule is CCNc1nc(-c2ccc(C(C)(C)OC)nc2)cc2ncn(C)c(=O)c12. The highest BCUT2D eigenvalue weighted by atomic mass is 16.5. The van der Waals surface area contributed by atoms with E-state index in [2.05, 4.69) is 20.3 Å². The molecule has 0 aliphatic rings. The minimum absolute atomic E-state index is 0.125. The van der Waals surface area contributed by atoms with E-state index in [1.807, 2.05) is 39.0 Å². The number of nitrogens with zero attached hydrogens (tertiary/aromatic N) is 4. The highest BCUT2D eigenvalue weighted by molar-refractivity contribution is 5.91. The van der Waals surface area contributed by atoms with Crippen molar-refractivity contribution in [3.05, 3.63) is 46.8 Å². The van der Waals surface area contributed by atoms with Gasteiger partial charge in [-0.3, -0.25) is 9.78 Å². The van der Waals surface area contributed by atoms with Gasteiger partial charge in [0.15, 0.2) is 0 Å². The fourth-order valence-corrected chi connectivity index (χ4v) is 2.67. The number of hydrogen-bond donors (Lipinski definition) is 1. The van der Waals surface area contributed by atoms with Gasteiger partial charge in [-0.05, 0) is 39.0 Å². The van der Waals surface area contributed by atoms with Gasteiger partial charge in [0.05, 0.1) is 23.2 Å². The Morgan fingerprint density at radius 2 is 2.04 bits per heavy atom. The second kappa shape index (κ2) is 6.84. The van der Waals surface area contributed by atoms with Crippen molar-refractivity contribution in [2.75, 3.05) is 19.0 Å². The summed E-state index contributed by atoms with van der Waals surface area (Å²) < 4.78 is 6.92. The smallest absolute Gasteiger partial charge is 0.264 e. The van der Waals surface area contributed by atoms with Crippen LogP contribution in [0, 0.1) is 0 Å². The van der Waals surface area contributed by atoms with Crippen LogP contribution in [0.5, 0.6) is 0 Å². The van der Waals surface area contributed by atoms with Crippen molar-refractivity contribution in [2.24, 2.45) is 7.05 Å². The molecule has 0 radical (unpaired) electrons. The second-order valence-corrected chi connectivity index (χ2v) is 6.59. The minimum atomic E-state index is -0.460. The van der Waals surface area contributed by atoms with E-state index in [1.165, 1.54) is 10.9 Å². The zero-order valence-electron chi connectivity index (χ0n) is 15.7. The number of pyridine rings is 2. The molecule has 3 aromatic heterocycles. The van der Waals surface area contributed by atoms with Gasteiger partial charge >= 0.3 is 0 Å². The third kappa shape index (κ3) is 3.17. The molecule has 0 saturated carbocycles. The lowest BCUT2D eigenvalue weighted by molar-refractivity contribution is 0.0155. The van der Waals surface area contributed by atoms with Gasteiger partial charge in [0.2, 0.25) is 0 Å². The summed E-state index contributed by atoms with van der Waals surface area (Å²) in [5.74, 6) is 0.537. The number of fused-ring (bicyclic) bond motifs is 1. The van der Waals surface area contributed by atoms with Crippen LogP contribution in [0.4, 0.5) is 5.82 Å². The summed E-state index contributed by atoms with van der Waals surface area (Å²) in [7, 11) is 3.34. The molecule has 0 aliphatic heterocycles. The van der Waals surface area contributed by atoms with Gasteiger partial charge in [0.25, 0.3) is 5.56 Å². The lowest BCUT2D eigenvalue weighted by atomic mass is 10.0. The molecule has 0 atom stereocenters. The first-order valence-corrected chi connectivity index (χ1v) is 8.49. The van der Waals surface area contributed by atoms with E-state index in [9.17, 15) is 4.79 Å². The minimum Gasteiger partial charge on any atom is -0.373 e. The number of nitrogens with one attached hydrogen (secondary N) is 1. The molecule has 0 amide bonds. The first-order valence-electron chi connectivity index (χ1n) is 8.49. The van der Waals surface area contributed by atoms with E-state index in [4.69, 9.17) is 4.74 Å². The largest absolute Gasteiger partial charge is 0.373 e. The number of aryl methyl sites for hydroxylation is 1. The van der Waals surface area contributed by atoms with E-state index in [-0.39, 0.29) is 5.56 Å². The molecule has 0 unspecified atom stereocenters. The van der Waals surface area contributed by atoms with Gasteiger partial charge in [-0.2, -0.15) is 0 Å². The van der Waals surface area contributed by atoms with Crippen LogP contribution in [0.2, 0.25) is 0 Å². The Morgan fingerprint density at radius 1 is 1.27 bits per heavy atom. The van der Waals surface area contributed by atoms with Crippen LogP contribution in [0.1, 0.15) is 26.5 Å². The van der Waals surface area contributed by atoms with Crippen LogP contribution in [-0.2, 0) is 17.4 Å². The van der Waals surface area contributed by atoms with Crippen LogP contribution < -0.4 is 10.9 Å². The Morgan fingerprint density at radius 3 is 2.65 bits per heavy atom. The first-order chi connectivity index (χ1) is 12.4. The van der Waals surface area contributed by atoms with Crippen LogP contribution in [0.3, 0.4) is 0 Å². The summed E-state index contributed by atoms with van der Waals surface area (Å²) in [6, 6.07) is 5.69. The number of ether oxygens (including phenoxy) is 1. The van der Waals surface area contributed by atoms with Crippen molar-refractivity contribution in [1.82, 2.24) is 19.5 Å². The molecule has 0 bridgehead atoms. The molecule has 26 heavy (non-hydrogen) atoms. The molecular weight excluding hydrogens is 330 g/mol. The zero-order valence-corrected chi connectivity index (χ0v) is 15.7. The number of aromatic nitrogens is 4. The van der Waals surface area contributed by atoms with Gasteiger partial charge < -0.3 is 14.6 Å². The van der Waals surface area contributed by atoms with E-state index in [0.29, 0.717) is 29.0 Å². The molecule has 136 valence electrons. The normalized spacial score (nSPS) is 11.7. The maximum absolute atomic E-state index is 12.5. The lowest BCUT2D eigenvalue weighted by Crippen LogP contribution is -2.21. The predicted octanol–water partition coefficient (Wildman–Crippen LogP) is 2.70. The molecule has 7 heteroatoms. The van der Waals surface area contributed by atoms with Crippen LogP contribution >= 0.6 is 0 Å². The Bertz CT molecular complexity index is 993. The van der Waals surface area contributed by atoms with Crippen molar-refractivity contribution >= 4 is 16.7 Å². The van der Waals surface area contributed by atoms with Crippen molar-refractivity contribution in [2.45, 2.75) is 26.4 Å². The Kier molecular flexibility index (Phi) is 4.73. The Labute approximate surface area is 152 Å². The van der Waals surface area contributed by atoms with Crippen LogP contribution in [-0.4, -0.2) is 33.2 Å². The number of hydrogen-bond acceptors (Lipinski definition) is 6. The summed E-state index contributed by atoms with van der Waals surface area (Å²) >= 11 is 0. The van der Waals surface area contributed by atoms with Gasteiger partial charge in [0.1, 0.15) is 16.8 Å².